The largest absolute Gasteiger partial charge is 0.456 e. The van der Waals surface area contributed by atoms with Gasteiger partial charge in [-0.25, -0.2) is 4.39 Å². The second-order valence-corrected chi connectivity index (χ2v) is 8.73. The van der Waals surface area contributed by atoms with Gasteiger partial charge in [0.05, 0.1) is 0 Å². The minimum absolute atomic E-state index is 0.306. The van der Waals surface area contributed by atoms with Gasteiger partial charge in [0, 0.05) is 38.9 Å². The first kappa shape index (κ1) is 19.1. The van der Waals surface area contributed by atoms with E-state index in [1.165, 1.54) is 12.1 Å². The maximum Gasteiger partial charge on any atom is 0.143 e. The van der Waals surface area contributed by atoms with Crippen molar-refractivity contribution in [3.8, 4) is 22.5 Å². The molecular weight excluding hydrogens is 423 g/mol. The van der Waals surface area contributed by atoms with Gasteiger partial charge in [-0.1, -0.05) is 60.7 Å². The van der Waals surface area contributed by atoms with Gasteiger partial charge in [-0.2, -0.15) is 0 Å². The zero-order valence-corrected chi connectivity index (χ0v) is 18.4. The van der Waals surface area contributed by atoms with E-state index in [0.717, 1.165) is 66.1 Å². The highest BCUT2D eigenvalue weighted by Gasteiger charge is 2.18. The van der Waals surface area contributed by atoms with Gasteiger partial charge < -0.3 is 8.83 Å². The maximum absolute atomic E-state index is 14.0. The molecule has 0 aliphatic carbocycles. The van der Waals surface area contributed by atoms with Crippen LogP contribution in [0.4, 0.5) is 4.39 Å². The van der Waals surface area contributed by atoms with Crippen LogP contribution in [0.2, 0.25) is 0 Å². The van der Waals surface area contributed by atoms with Crippen LogP contribution in [0.3, 0.4) is 0 Å². The number of rotatable bonds is 2. The van der Waals surface area contributed by atoms with E-state index in [2.05, 4.69) is 49.4 Å². The highest BCUT2D eigenvalue weighted by molar-refractivity contribution is 6.22. The number of halogens is 1. The molecular formula is C31H19FO2. The van der Waals surface area contributed by atoms with Crippen molar-refractivity contribution in [2.45, 2.75) is 6.92 Å². The molecule has 0 spiro atoms. The van der Waals surface area contributed by atoms with Crippen molar-refractivity contribution >= 4 is 43.7 Å². The maximum atomic E-state index is 14.0. The number of hydrogen-bond acceptors (Lipinski definition) is 2. The Kier molecular flexibility index (Phi) is 3.97. The molecule has 3 heteroatoms. The molecule has 0 N–H and O–H groups in total. The van der Waals surface area contributed by atoms with Crippen LogP contribution in [0.25, 0.3) is 66.1 Å². The standard InChI is InChI=1S/C31H19FO2/c1-18-23-10-4-5-12-27(23)33-30(18)21-9-6-8-19(15-21)26-16-20-7-2-3-11-24(20)29-25-14-13-22(32)17-28(25)34-31(26)29/h2-17H,1H3. The molecule has 2 nitrogen and oxygen atoms in total. The summed E-state index contributed by atoms with van der Waals surface area (Å²) < 4.78 is 26.5. The average molecular weight is 442 g/mol. The van der Waals surface area contributed by atoms with Crippen molar-refractivity contribution in [2.24, 2.45) is 0 Å². The van der Waals surface area contributed by atoms with Gasteiger partial charge in [0.15, 0.2) is 0 Å². The molecule has 34 heavy (non-hydrogen) atoms. The Morgan fingerprint density at radius 2 is 1.41 bits per heavy atom. The number of benzene rings is 5. The molecule has 0 amide bonds. The van der Waals surface area contributed by atoms with E-state index in [-0.39, 0.29) is 5.82 Å². The summed E-state index contributed by atoms with van der Waals surface area (Å²) in [6, 6.07) is 31.6. The van der Waals surface area contributed by atoms with Crippen LogP contribution in [0.5, 0.6) is 0 Å². The van der Waals surface area contributed by atoms with Crippen molar-refractivity contribution in [1.29, 1.82) is 0 Å². The van der Waals surface area contributed by atoms with Crippen molar-refractivity contribution in [1.82, 2.24) is 0 Å². The molecule has 2 heterocycles. The molecule has 0 saturated heterocycles. The predicted molar refractivity (Wildman–Crippen MR) is 137 cm³/mol. The van der Waals surface area contributed by atoms with Crippen molar-refractivity contribution < 1.29 is 13.2 Å². The molecule has 2 aromatic heterocycles. The smallest absolute Gasteiger partial charge is 0.143 e. The fourth-order valence-corrected chi connectivity index (χ4v) is 5.09. The molecule has 0 radical (unpaired) electrons. The summed E-state index contributed by atoms with van der Waals surface area (Å²) in [6.07, 6.45) is 0. The summed E-state index contributed by atoms with van der Waals surface area (Å²) in [5.41, 5.74) is 6.32. The lowest BCUT2D eigenvalue weighted by Crippen LogP contribution is -1.84. The fourth-order valence-electron chi connectivity index (χ4n) is 5.09. The molecule has 162 valence electrons. The number of hydrogen-bond donors (Lipinski definition) is 0. The molecule has 0 fully saturated rings. The first-order valence-electron chi connectivity index (χ1n) is 11.3. The molecule has 0 atom stereocenters. The first-order chi connectivity index (χ1) is 16.7. The number of fused-ring (bicyclic) bond motifs is 6. The Bertz CT molecular complexity index is 1890. The van der Waals surface area contributed by atoms with E-state index in [9.17, 15) is 4.39 Å². The van der Waals surface area contributed by atoms with E-state index in [4.69, 9.17) is 8.83 Å². The topological polar surface area (TPSA) is 26.3 Å². The van der Waals surface area contributed by atoms with Crippen LogP contribution in [0.15, 0.2) is 106 Å². The third-order valence-electron chi connectivity index (χ3n) is 6.71. The summed E-state index contributed by atoms with van der Waals surface area (Å²) in [6.45, 7) is 2.09. The van der Waals surface area contributed by atoms with Crippen LogP contribution in [-0.4, -0.2) is 0 Å². The van der Waals surface area contributed by atoms with E-state index >= 15 is 0 Å². The highest BCUT2D eigenvalue weighted by atomic mass is 19.1. The van der Waals surface area contributed by atoms with Crippen LogP contribution in [0, 0.1) is 12.7 Å². The number of aryl methyl sites for hydroxylation is 1. The zero-order chi connectivity index (χ0) is 22.8. The molecule has 0 bridgehead atoms. The van der Waals surface area contributed by atoms with Gasteiger partial charge in [-0.3, -0.25) is 0 Å². The number of para-hydroxylation sites is 1. The second-order valence-electron chi connectivity index (χ2n) is 8.73. The van der Waals surface area contributed by atoms with Crippen LogP contribution < -0.4 is 0 Å². The third-order valence-corrected chi connectivity index (χ3v) is 6.71. The minimum Gasteiger partial charge on any atom is -0.456 e. The van der Waals surface area contributed by atoms with Gasteiger partial charge in [0.1, 0.15) is 28.3 Å². The van der Waals surface area contributed by atoms with Crippen LogP contribution in [0.1, 0.15) is 5.56 Å². The zero-order valence-electron chi connectivity index (χ0n) is 18.4. The molecule has 0 saturated carbocycles. The predicted octanol–water partition coefficient (Wildman–Crippen LogP) is 9.27. The SMILES string of the molecule is Cc1c(-c2cccc(-c3cc4ccccc4c4c3oc3cc(F)ccc34)c2)oc2ccccc12. The van der Waals surface area contributed by atoms with E-state index in [1.54, 1.807) is 6.07 Å². The second kappa shape index (κ2) is 7.06. The molecule has 0 aliphatic heterocycles. The Morgan fingerprint density at radius 3 is 2.29 bits per heavy atom. The van der Waals surface area contributed by atoms with Crippen molar-refractivity contribution in [3.63, 3.8) is 0 Å². The summed E-state index contributed by atoms with van der Waals surface area (Å²) >= 11 is 0. The van der Waals surface area contributed by atoms with Gasteiger partial charge in [0.2, 0.25) is 0 Å². The van der Waals surface area contributed by atoms with Crippen LogP contribution in [-0.2, 0) is 0 Å². The highest BCUT2D eigenvalue weighted by Crippen LogP contribution is 2.42. The summed E-state index contributed by atoms with van der Waals surface area (Å²) in [7, 11) is 0. The lowest BCUT2D eigenvalue weighted by Gasteiger charge is -2.09. The van der Waals surface area contributed by atoms with E-state index in [1.807, 2.05) is 36.4 Å². The monoisotopic (exact) mass is 442 g/mol. The average Bonchev–Trinajstić information content (AvgIpc) is 3.41. The van der Waals surface area contributed by atoms with Crippen molar-refractivity contribution in [3.05, 3.63) is 108 Å². The van der Waals surface area contributed by atoms with Crippen LogP contribution >= 0.6 is 0 Å². The molecule has 7 rings (SSSR count). The number of furan rings is 2. The lowest BCUT2D eigenvalue weighted by atomic mass is 9.95. The summed E-state index contributed by atoms with van der Waals surface area (Å²) in [5, 5.41) is 5.25. The Morgan fingerprint density at radius 1 is 0.618 bits per heavy atom. The van der Waals surface area contributed by atoms with E-state index < -0.39 is 0 Å². The Balaban J connectivity index is 1.52. The molecule has 0 aliphatic rings. The van der Waals surface area contributed by atoms with Gasteiger partial charge in [-0.05, 0) is 53.6 Å². The molecule has 5 aromatic carbocycles. The quantitative estimate of drug-likeness (QED) is 0.267. The lowest BCUT2D eigenvalue weighted by molar-refractivity contribution is 0.618. The Labute approximate surface area is 194 Å². The molecule has 7 aromatic rings. The third kappa shape index (κ3) is 2.74. The van der Waals surface area contributed by atoms with E-state index in [0.29, 0.717) is 5.58 Å². The normalized spacial score (nSPS) is 11.8. The van der Waals surface area contributed by atoms with Gasteiger partial charge in [-0.15, -0.1) is 0 Å². The molecule has 0 unspecified atom stereocenters. The van der Waals surface area contributed by atoms with Gasteiger partial charge >= 0.3 is 0 Å². The Hall–Kier alpha value is -4.37. The van der Waals surface area contributed by atoms with Crippen molar-refractivity contribution in [2.75, 3.05) is 0 Å². The summed E-state index contributed by atoms with van der Waals surface area (Å²) in [5.74, 6) is 0.562. The minimum atomic E-state index is -0.306. The van der Waals surface area contributed by atoms with Gasteiger partial charge in [0.25, 0.3) is 0 Å². The first-order valence-corrected chi connectivity index (χ1v) is 11.3. The fraction of sp³-hybridized carbons (Fsp3) is 0.0323. The summed E-state index contributed by atoms with van der Waals surface area (Å²) in [4.78, 5) is 0.